The fourth-order valence-corrected chi connectivity index (χ4v) is 3.09. The molecule has 0 fully saturated rings. The third kappa shape index (κ3) is 3.78. The average Bonchev–Trinajstić information content (AvgIpc) is 2.58. The molecule has 1 amide bonds. The Bertz CT molecular complexity index is 984. The zero-order valence-electron chi connectivity index (χ0n) is 14.3. The number of carbonyl (C=O) groups is 1. The molecule has 2 aromatic carbocycles. The maximum absolute atomic E-state index is 12.2. The van der Waals surface area contributed by atoms with Crippen molar-refractivity contribution in [1.29, 1.82) is 5.26 Å². The number of carbonyl (C=O) groups excluding carboxylic acids is 1. The summed E-state index contributed by atoms with van der Waals surface area (Å²) in [6.07, 6.45) is 1.14. The first-order valence-corrected chi connectivity index (χ1v) is 9.33. The van der Waals surface area contributed by atoms with Crippen molar-refractivity contribution in [3.63, 3.8) is 0 Å². The van der Waals surface area contributed by atoms with Gasteiger partial charge in [-0.05, 0) is 30.7 Å². The van der Waals surface area contributed by atoms with Crippen molar-refractivity contribution in [2.24, 2.45) is 0 Å². The minimum atomic E-state index is -3.29. The molecule has 5 nitrogen and oxygen atoms in total. The van der Waals surface area contributed by atoms with Crippen molar-refractivity contribution >= 4 is 21.4 Å². The van der Waals surface area contributed by atoms with E-state index in [2.05, 4.69) is 12.6 Å². The number of anilines is 1. The van der Waals surface area contributed by atoms with Gasteiger partial charge in [-0.3, -0.25) is 4.79 Å². The number of nitrogens with zero attached hydrogens (tertiary/aromatic N) is 2. The molecule has 0 aliphatic carbocycles. The fraction of sp³-hybridized carbons (Fsp3) is 0.158. The lowest BCUT2D eigenvalue weighted by molar-refractivity contribution is -0.114. The quantitative estimate of drug-likeness (QED) is 0.790. The predicted octanol–water partition coefficient (Wildman–Crippen LogP) is 3.17. The van der Waals surface area contributed by atoms with Gasteiger partial charge in [0, 0.05) is 24.4 Å². The average molecular weight is 354 g/mol. The third-order valence-corrected chi connectivity index (χ3v) is 4.91. The van der Waals surface area contributed by atoms with Gasteiger partial charge >= 0.3 is 0 Å². The van der Waals surface area contributed by atoms with Crippen molar-refractivity contribution in [2.75, 3.05) is 18.2 Å². The molecule has 25 heavy (non-hydrogen) atoms. The van der Waals surface area contributed by atoms with E-state index in [0.717, 1.165) is 6.26 Å². The Labute approximate surface area is 147 Å². The summed E-state index contributed by atoms with van der Waals surface area (Å²) >= 11 is 0. The zero-order chi connectivity index (χ0) is 18.8. The van der Waals surface area contributed by atoms with E-state index in [4.69, 9.17) is 0 Å². The first-order valence-electron chi connectivity index (χ1n) is 7.44. The van der Waals surface area contributed by atoms with E-state index in [1.807, 2.05) is 0 Å². The molecule has 0 saturated heterocycles. The van der Waals surface area contributed by atoms with E-state index in [1.54, 1.807) is 44.3 Å². The van der Waals surface area contributed by atoms with Gasteiger partial charge in [0.2, 0.25) is 0 Å². The topological polar surface area (TPSA) is 78.2 Å². The smallest absolute Gasteiger partial charge is 0.253 e. The van der Waals surface area contributed by atoms with Crippen LogP contribution in [-0.4, -0.2) is 27.6 Å². The molecule has 0 aliphatic rings. The fourth-order valence-electron chi connectivity index (χ4n) is 2.46. The Morgan fingerprint density at radius 1 is 1.16 bits per heavy atom. The van der Waals surface area contributed by atoms with Crippen LogP contribution >= 0.6 is 0 Å². The lowest BCUT2D eigenvalue weighted by Crippen LogP contribution is -2.27. The van der Waals surface area contributed by atoms with Crippen molar-refractivity contribution in [2.45, 2.75) is 11.8 Å². The van der Waals surface area contributed by atoms with Crippen LogP contribution in [0.15, 0.2) is 59.5 Å². The normalized spacial score (nSPS) is 10.8. The number of benzene rings is 2. The van der Waals surface area contributed by atoms with Gasteiger partial charge in [-0.25, -0.2) is 8.42 Å². The summed E-state index contributed by atoms with van der Waals surface area (Å²) in [7, 11) is -1.70. The number of hydrogen-bond donors (Lipinski definition) is 0. The summed E-state index contributed by atoms with van der Waals surface area (Å²) in [6, 6.07) is 13.6. The lowest BCUT2D eigenvalue weighted by Gasteiger charge is -2.20. The Morgan fingerprint density at radius 3 is 2.24 bits per heavy atom. The van der Waals surface area contributed by atoms with Crippen LogP contribution in [0.2, 0.25) is 0 Å². The van der Waals surface area contributed by atoms with Crippen molar-refractivity contribution < 1.29 is 13.2 Å². The SMILES string of the molecule is C=C(C)C(=O)N(C)c1cccc(-c2ccc(S(C)(=O)=O)cc2)c1C#N. The summed E-state index contributed by atoms with van der Waals surface area (Å²) in [5, 5.41) is 9.61. The minimum Gasteiger partial charge on any atom is -0.310 e. The van der Waals surface area contributed by atoms with Gasteiger partial charge in [0.1, 0.15) is 6.07 Å². The molecule has 0 atom stereocenters. The molecule has 0 aromatic heterocycles. The zero-order valence-corrected chi connectivity index (χ0v) is 15.1. The second-order valence-corrected chi connectivity index (χ2v) is 7.77. The summed E-state index contributed by atoms with van der Waals surface area (Å²) in [5.41, 5.74) is 2.50. The molecule has 0 aliphatic heterocycles. The molecule has 6 heteroatoms. The molecule has 2 rings (SSSR count). The van der Waals surface area contributed by atoms with E-state index in [1.165, 1.54) is 17.0 Å². The number of nitriles is 1. The molecule has 2 aromatic rings. The van der Waals surface area contributed by atoms with Crippen LogP contribution in [-0.2, 0) is 14.6 Å². The monoisotopic (exact) mass is 354 g/mol. The molecule has 0 heterocycles. The molecular formula is C19H18N2O3S. The van der Waals surface area contributed by atoms with Crippen LogP contribution in [0.3, 0.4) is 0 Å². The number of amides is 1. The predicted molar refractivity (Wildman–Crippen MR) is 97.9 cm³/mol. The molecule has 128 valence electrons. The summed E-state index contributed by atoms with van der Waals surface area (Å²) in [5.74, 6) is -0.277. The highest BCUT2D eigenvalue weighted by Gasteiger charge is 2.18. The molecule has 0 spiro atoms. The Morgan fingerprint density at radius 2 is 1.76 bits per heavy atom. The van der Waals surface area contributed by atoms with E-state index in [0.29, 0.717) is 28.0 Å². The molecule has 0 N–H and O–H groups in total. The maximum Gasteiger partial charge on any atom is 0.253 e. The summed E-state index contributed by atoms with van der Waals surface area (Å²) in [4.78, 5) is 13.8. The number of sulfone groups is 1. The van der Waals surface area contributed by atoms with Crippen molar-refractivity contribution in [3.05, 3.63) is 60.2 Å². The highest BCUT2D eigenvalue weighted by atomic mass is 32.2. The van der Waals surface area contributed by atoms with E-state index < -0.39 is 9.84 Å². The Hall–Kier alpha value is -2.91. The van der Waals surface area contributed by atoms with Crippen molar-refractivity contribution in [3.8, 4) is 17.2 Å². The summed E-state index contributed by atoms with van der Waals surface area (Å²) < 4.78 is 23.2. The summed E-state index contributed by atoms with van der Waals surface area (Å²) in [6.45, 7) is 5.25. The second kappa shape index (κ2) is 6.91. The standard InChI is InChI=1S/C19H18N2O3S/c1-13(2)19(22)21(3)18-7-5-6-16(17(18)12-20)14-8-10-15(11-9-14)25(4,23)24/h5-11H,1H2,2-4H3. The van der Waals surface area contributed by atoms with Crippen LogP contribution in [0.1, 0.15) is 12.5 Å². The first kappa shape index (κ1) is 18.4. The third-order valence-electron chi connectivity index (χ3n) is 3.78. The van der Waals surface area contributed by atoms with Gasteiger partial charge in [0.15, 0.2) is 9.84 Å². The van der Waals surface area contributed by atoms with Gasteiger partial charge in [-0.1, -0.05) is 30.8 Å². The van der Waals surface area contributed by atoms with E-state index in [9.17, 15) is 18.5 Å². The Kier molecular flexibility index (Phi) is 5.10. The number of likely N-dealkylation sites (N-methyl/N-ethyl adjacent to an activating group) is 1. The van der Waals surface area contributed by atoms with Gasteiger partial charge in [0.25, 0.3) is 5.91 Å². The molecular weight excluding hydrogens is 336 g/mol. The number of hydrogen-bond acceptors (Lipinski definition) is 4. The van der Waals surface area contributed by atoms with Gasteiger partial charge in [0.05, 0.1) is 16.1 Å². The first-order chi connectivity index (χ1) is 11.7. The van der Waals surface area contributed by atoms with Gasteiger partial charge < -0.3 is 4.90 Å². The maximum atomic E-state index is 12.2. The van der Waals surface area contributed by atoms with Crippen LogP contribution in [0.5, 0.6) is 0 Å². The largest absolute Gasteiger partial charge is 0.310 e. The van der Waals surface area contributed by atoms with Crippen LogP contribution in [0.25, 0.3) is 11.1 Å². The molecule has 0 radical (unpaired) electrons. The number of rotatable bonds is 4. The second-order valence-electron chi connectivity index (χ2n) is 5.75. The van der Waals surface area contributed by atoms with Crippen LogP contribution in [0.4, 0.5) is 5.69 Å². The highest BCUT2D eigenvalue weighted by molar-refractivity contribution is 7.90. The Balaban J connectivity index is 2.57. The molecule has 0 bridgehead atoms. The van der Waals surface area contributed by atoms with E-state index >= 15 is 0 Å². The van der Waals surface area contributed by atoms with Gasteiger partial charge in [-0.2, -0.15) is 5.26 Å². The highest BCUT2D eigenvalue weighted by Crippen LogP contribution is 2.31. The lowest BCUT2D eigenvalue weighted by atomic mass is 9.98. The van der Waals surface area contributed by atoms with Crippen molar-refractivity contribution in [1.82, 2.24) is 0 Å². The molecule has 0 unspecified atom stereocenters. The molecule has 0 saturated carbocycles. The van der Waals surface area contributed by atoms with Gasteiger partial charge in [-0.15, -0.1) is 0 Å². The van der Waals surface area contributed by atoms with Crippen LogP contribution < -0.4 is 4.90 Å². The van der Waals surface area contributed by atoms with E-state index in [-0.39, 0.29) is 10.8 Å². The van der Waals surface area contributed by atoms with Crippen LogP contribution in [0, 0.1) is 11.3 Å². The minimum absolute atomic E-state index is 0.209.